The number of rotatable bonds is 1. The first-order valence-electron chi connectivity index (χ1n) is 3.97. The quantitative estimate of drug-likeness (QED) is 0.806. The first-order chi connectivity index (χ1) is 6.68. The Hall–Kier alpha value is -0.740. The van der Waals surface area contributed by atoms with Gasteiger partial charge in [-0.25, -0.2) is 0 Å². The van der Waals surface area contributed by atoms with E-state index in [4.69, 9.17) is 10.2 Å². The first-order valence-corrected chi connectivity index (χ1v) is 5.55. The van der Waals surface area contributed by atoms with Crippen molar-refractivity contribution in [1.29, 1.82) is 0 Å². The van der Waals surface area contributed by atoms with Crippen molar-refractivity contribution in [2.45, 2.75) is 0 Å². The molecule has 0 aliphatic carbocycles. The van der Waals surface area contributed by atoms with Crippen molar-refractivity contribution in [3.63, 3.8) is 0 Å². The topological polar surface area (TPSA) is 39.2 Å². The van der Waals surface area contributed by atoms with Crippen LogP contribution in [0.25, 0.3) is 11.3 Å². The Labute approximate surface area is 98.4 Å². The number of benzene rings is 1. The van der Waals surface area contributed by atoms with Gasteiger partial charge >= 0.3 is 0 Å². The van der Waals surface area contributed by atoms with Crippen LogP contribution < -0.4 is 5.73 Å². The van der Waals surface area contributed by atoms with E-state index in [-0.39, 0.29) is 0 Å². The lowest BCUT2D eigenvalue weighted by Crippen LogP contribution is -1.90. The molecule has 0 unspecified atom stereocenters. The lowest BCUT2D eigenvalue weighted by atomic mass is 10.1. The SMILES string of the molecule is Nc1c(Br)cc(Br)cc1-c1ccco1. The van der Waals surface area contributed by atoms with E-state index >= 15 is 0 Å². The molecule has 0 radical (unpaired) electrons. The first kappa shape index (κ1) is 9.80. The fraction of sp³-hybridized carbons (Fsp3) is 0. The van der Waals surface area contributed by atoms with Crippen molar-refractivity contribution in [3.8, 4) is 11.3 Å². The highest BCUT2D eigenvalue weighted by atomic mass is 79.9. The Morgan fingerprint density at radius 2 is 2.00 bits per heavy atom. The number of furan rings is 1. The molecule has 0 spiro atoms. The minimum Gasteiger partial charge on any atom is -0.464 e. The number of nitrogens with two attached hydrogens (primary N) is 1. The highest BCUT2D eigenvalue weighted by Gasteiger charge is 2.09. The van der Waals surface area contributed by atoms with Gasteiger partial charge in [-0.3, -0.25) is 0 Å². The maximum absolute atomic E-state index is 5.91. The molecule has 0 bridgehead atoms. The molecule has 2 aromatic rings. The molecule has 1 heterocycles. The van der Waals surface area contributed by atoms with Gasteiger partial charge in [-0.1, -0.05) is 15.9 Å². The largest absolute Gasteiger partial charge is 0.464 e. The summed E-state index contributed by atoms with van der Waals surface area (Å²) in [6.45, 7) is 0. The summed E-state index contributed by atoms with van der Waals surface area (Å²) in [5.41, 5.74) is 7.48. The molecule has 2 nitrogen and oxygen atoms in total. The number of anilines is 1. The second-order valence-electron chi connectivity index (χ2n) is 2.83. The molecular weight excluding hydrogens is 310 g/mol. The maximum atomic E-state index is 5.91. The molecule has 2 N–H and O–H groups in total. The highest BCUT2D eigenvalue weighted by molar-refractivity contribution is 9.11. The number of nitrogen functional groups attached to an aromatic ring is 1. The van der Waals surface area contributed by atoms with Gasteiger partial charge < -0.3 is 10.2 Å². The Morgan fingerprint density at radius 1 is 1.21 bits per heavy atom. The van der Waals surface area contributed by atoms with Crippen LogP contribution in [0.4, 0.5) is 5.69 Å². The van der Waals surface area contributed by atoms with Crippen molar-refractivity contribution in [1.82, 2.24) is 0 Å². The fourth-order valence-corrected chi connectivity index (χ4v) is 2.45. The van der Waals surface area contributed by atoms with E-state index in [0.717, 1.165) is 20.3 Å². The van der Waals surface area contributed by atoms with Crippen LogP contribution >= 0.6 is 31.9 Å². The fourth-order valence-electron chi connectivity index (χ4n) is 1.22. The molecule has 1 aromatic carbocycles. The van der Waals surface area contributed by atoms with Gasteiger partial charge in [-0.15, -0.1) is 0 Å². The lowest BCUT2D eigenvalue weighted by molar-refractivity contribution is 0.582. The van der Waals surface area contributed by atoms with E-state index in [1.54, 1.807) is 6.26 Å². The van der Waals surface area contributed by atoms with Crippen LogP contribution in [0.1, 0.15) is 0 Å². The summed E-state index contributed by atoms with van der Waals surface area (Å²) >= 11 is 6.79. The van der Waals surface area contributed by atoms with E-state index in [1.165, 1.54) is 0 Å². The van der Waals surface area contributed by atoms with Gasteiger partial charge in [-0.05, 0) is 40.2 Å². The average molecular weight is 317 g/mol. The zero-order valence-electron chi connectivity index (χ0n) is 7.13. The smallest absolute Gasteiger partial charge is 0.135 e. The number of halogens is 2. The third-order valence-electron chi connectivity index (χ3n) is 1.88. The van der Waals surface area contributed by atoms with Gasteiger partial charge in [-0.2, -0.15) is 0 Å². The second kappa shape index (κ2) is 3.79. The maximum Gasteiger partial charge on any atom is 0.135 e. The van der Waals surface area contributed by atoms with Crippen molar-refractivity contribution >= 4 is 37.5 Å². The molecule has 1 aromatic heterocycles. The van der Waals surface area contributed by atoms with Crippen LogP contribution in [0.5, 0.6) is 0 Å². The predicted molar refractivity (Wildman–Crippen MR) is 64.0 cm³/mol. The van der Waals surface area contributed by atoms with Gasteiger partial charge in [0.15, 0.2) is 0 Å². The van der Waals surface area contributed by atoms with Crippen LogP contribution in [0, 0.1) is 0 Å². The molecule has 0 atom stereocenters. The van der Waals surface area contributed by atoms with E-state index in [2.05, 4.69) is 31.9 Å². The molecule has 0 saturated heterocycles. The minimum atomic E-state index is 0.683. The normalized spacial score (nSPS) is 10.4. The second-order valence-corrected chi connectivity index (χ2v) is 4.60. The van der Waals surface area contributed by atoms with Crippen molar-refractivity contribution in [3.05, 3.63) is 39.5 Å². The summed E-state index contributed by atoms with van der Waals surface area (Å²) < 4.78 is 7.11. The Morgan fingerprint density at radius 3 is 2.64 bits per heavy atom. The van der Waals surface area contributed by atoms with E-state index in [9.17, 15) is 0 Å². The summed E-state index contributed by atoms with van der Waals surface area (Å²) in [5.74, 6) is 0.768. The monoisotopic (exact) mass is 315 g/mol. The molecule has 72 valence electrons. The van der Waals surface area contributed by atoms with Crippen LogP contribution in [-0.2, 0) is 0 Å². The Bertz CT molecular complexity index is 451. The molecule has 2 rings (SSSR count). The minimum absolute atomic E-state index is 0.683. The predicted octanol–water partition coefficient (Wildman–Crippen LogP) is 4.05. The van der Waals surface area contributed by atoms with Crippen LogP contribution in [-0.4, -0.2) is 0 Å². The lowest BCUT2D eigenvalue weighted by Gasteiger charge is -2.05. The Kier molecular flexibility index (Phi) is 2.65. The summed E-state index contributed by atoms with van der Waals surface area (Å²) in [6.07, 6.45) is 1.63. The van der Waals surface area contributed by atoms with Crippen LogP contribution in [0.2, 0.25) is 0 Å². The third-order valence-corrected chi connectivity index (χ3v) is 2.99. The van der Waals surface area contributed by atoms with Crippen LogP contribution in [0.3, 0.4) is 0 Å². The molecule has 0 saturated carbocycles. The zero-order chi connectivity index (χ0) is 10.1. The van der Waals surface area contributed by atoms with Crippen molar-refractivity contribution < 1.29 is 4.42 Å². The highest BCUT2D eigenvalue weighted by Crippen LogP contribution is 2.35. The van der Waals surface area contributed by atoms with Gasteiger partial charge in [0.1, 0.15) is 5.76 Å². The van der Waals surface area contributed by atoms with Crippen molar-refractivity contribution in [2.75, 3.05) is 5.73 Å². The van der Waals surface area contributed by atoms with Gasteiger partial charge in [0.25, 0.3) is 0 Å². The summed E-state index contributed by atoms with van der Waals surface area (Å²) in [7, 11) is 0. The summed E-state index contributed by atoms with van der Waals surface area (Å²) in [6, 6.07) is 7.55. The average Bonchev–Trinajstić information content (AvgIpc) is 2.63. The molecule has 0 amide bonds. The van der Waals surface area contributed by atoms with Crippen molar-refractivity contribution in [2.24, 2.45) is 0 Å². The molecule has 4 heteroatoms. The number of hydrogen-bond acceptors (Lipinski definition) is 2. The third kappa shape index (κ3) is 1.72. The van der Waals surface area contributed by atoms with Gasteiger partial charge in [0.2, 0.25) is 0 Å². The van der Waals surface area contributed by atoms with Crippen LogP contribution in [0.15, 0.2) is 43.9 Å². The summed E-state index contributed by atoms with van der Waals surface area (Å²) in [5, 5.41) is 0. The molecule has 0 aliphatic rings. The summed E-state index contributed by atoms with van der Waals surface area (Å²) in [4.78, 5) is 0. The molecular formula is C10H7Br2NO. The molecule has 0 aliphatic heterocycles. The van der Waals surface area contributed by atoms with Gasteiger partial charge in [0, 0.05) is 14.5 Å². The molecule has 14 heavy (non-hydrogen) atoms. The van der Waals surface area contributed by atoms with E-state index < -0.39 is 0 Å². The zero-order valence-corrected chi connectivity index (χ0v) is 10.3. The standard InChI is InChI=1S/C10H7Br2NO/c11-6-4-7(9-2-1-3-14-9)10(13)8(12)5-6/h1-5H,13H2. The van der Waals surface area contributed by atoms with E-state index in [1.807, 2.05) is 24.3 Å². The molecule has 0 fully saturated rings. The Balaban J connectivity index is 2.64. The van der Waals surface area contributed by atoms with E-state index in [0.29, 0.717) is 5.69 Å². The number of hydrogen-bond donors (Lipinski definition) is 1. The van der Waals surface area contributed by atoms with Gasteiger partial charge in [0.05, 0.1) is 12.0 Å².